The Bertz CT molecular complexity index is 979. The van der Waals surface area contributed by atoms with E-state index in [-0.39, 0.29) is 12.8 Å². The number of benzene rings is 3. The highest BCUT2D eigenvalue weighted by molar-refractivity contribution is 6.01. The molecule has 0 heterocycles. The molecule has 0 spiro atoms. The summed E-state index contributed by atoms with van der Waals surface area (Å²) in [5.74, 6) is -5.74. The Kier molecular flexibility index (Phi) is 5.46. The molecule has 0 unspecified atom stereocenters. The first-order chi connectivity index (χ1) is 13.6. The molecule has 3 aromatic rings. The summed E-state index contributed by atoms with van der Waals surface area (Å²) in [6.45, 7) is 9.22. The van der Waals surface area contributed by atoms with Gasteiger partial charge in [-0.05, 0) is 44.8 Å². The fourth-order valence-corrected chi connectivity index (χ4v) is 3.50. The van der Waals surface area contributed by atoms with Crippen LogP contribution in [0.25, 0.3) is 21.5 Å². The maximum Gasteiger partial charge on any atom is 0.256 e. The van der Waals surface area contributed by atoms with E-state index in [0.717, 1.165) is 21.5 Å². The Morgan fingerprint density at radius 3 is 1.20 bits per heavy atom. The van der Waals surface area contributed by atoms with Gasteiger partial charge < -0.3 is 0 Å². The minimum absolute atomic E-state index is 0.360. The van der Waals surface area contributed by atoms with Crippen LogP contribution in [0.15, 0.2) is 48.5 Å². The molecule has 0 fully saturated rings. The summed E-state index contributed by atoms with van der Waals surface area (Å²) >= 11 is 0. The maximum absolute atomic E-state index is 14.7. The van der Waals surface area contributed by atoms with Gasteiger partial charge in [-0.2, -0.15) is 0 Å². The second-order valence-corrected chi connectivity index (χ2v) is 10.4. The van der Waals surface area contributed by atoms with Crippen LogP contribution >= 0.6 is 0 Å². The molecule has 0 aliphatic rings. The number of alkyl halides is 4. The third-order valence-electron chi connectivity index (χ3n) is 6.08. The molecule has 0 atom stereocenters. The van der Waals surface area contributed by atoms with Crippen LogP contribution in [0.2, 0.25) is 0 Å². The number of rotatable bonds is 4. The predicted molar refractivity (Wildman–Crippen MR) is 118 cm³/mol. The summed E-state index contributed by atoms with van der Waals surface area (Å²) < 4.78 is 58.9. The lowest BCUT2D eigenvalue weighted by Gasteiger charge is -2.31. The molecule has 0 nitrogen and oxygen atoms in total. The Hall–Kier alpha value is -2.10. The van der Waals surface area contributed by atoms with E-state index in [1.54, 1.807) is 24.3 Å². The van der Waals surface area contributed by atoms with E-state index in [9.17, 15) is 17.6 Å². The standard InChI is InChI=1S/C26H30F4/c1-23(2,3)25(27,28)15-19-11-7-9-17-14-22-18(13-21(17)19)10-8-12-20(22)16-26(29,30)24(4,5)6/h7-14H,15-16H2,1-6H3. The molecule has 4 heteroatoms. The molecule has 162 valence electrons. The SMILES string of the molecule is CC(C)(C)C(F)(F)Cc1cccc2cc3c(CC(F)(F)C(C)(C)C)cccc3cc12. The highest BCUT2D eigenvalue weighted by Crippen LogP contribution is 2.42. The van der Waals surface area contributed by atoms with Gasteiger partial charge >= 0.3 is 0 Å². The largest absolute Gasteiger partial charge is 0.256 e. The molecule has 0 aliphatic heterocycles. The highest BCUT2D eigenvalue weighted by Gasteiger charge is 2.44. The van der Waals surface area contributed by atoms with E-state index in [2.05, 4.69) is 0 Å². The highest BCUT2D eigenvalue weighted by atomic mass is 19.3. The topological polar surface area (TPSA) is 0 Å². The second kappa shape index (κ2) is 7.25. The zero-order chi connectivity index (χ0) is 22.5. The second-order valence-electron chi connectivity index (χ2n) is 10.4. The molecule has 0 N–H and O–H groups in total. The van der Waals surface area contributed by atoms with Gasteiger partial charge in [0, 0.05) is 23.7 Å². The maximum atomic E-state index is 14.7. The van der Waals surface area contributed by atoms with Crippen LogP contribution in [-0.2, 0) is 12.8 Å². The number of halogens is 4. The molecule has 0 aromatic heterocycles. The van der Waals surface area contributed by atoms with Gasteiger partial charge in [-0.1, -0.05) is 77.9 Å². The van der Waals surface area contributed by atoms with Crippen molar-refractivity contribution in [1.82, 2.24) is 0 Å². The van der Waals surface area contributed by atoms with Gasteiger partial charge in [-0.25, -0.2) is 17.6 Å². The van der Waals surface area contributed by atoms with Gasteiger partial charge in [0.2, 0.25) is 0 Å². The fraction of sp³-hybridized carbons (Fsp3) is 0.462. The van der Waals surface area contributed by atoms with Gasteiger partial charge in [0.1, 0.15) is 0 Å². The van der Waals surface area contributed by atoms with E-state index in [1.807, 2.05) is 24.3 Å². The van der Waals surface area contributed by atoms with Crippen molar-refractivity contribution in [2.75, 3.05) is 0 Å². The van der Waals surface area contributed by atoms with Crippen LogP contribution in [0.5, 0.6) is 0 Å². The Morgan fingerprint density at radius 2 is 0.900 bits per heavy atom. The molecular weight excluding hydrogens is 388 g/mol. The molecule has 30 heavy (non-hydrogen) atoms. The first kappa shape index (κ1) is 22.6. The van der Waals surface area contributed by atoms with Crippen LogP contribution in [0.4, 0.5) is 17.6 Å². The van der Waals surface area contributed by atoms with Gasteiger partial charge in [0.15, 0.2) is 0 Å². The van der Waals surface area contributed by atoms with Crippen molar-refractivity contribution in [2.24, 2.45) is 10.8 Å². The molecule has 0 radical (unpaired) electrons. The first-order valence-electron chi connectivity index (χ1n) is 10.3. The van der Waals surface area contributed by atoms with E-state index >= 15 is 0 Å². The zero-order valence-corrected chi connectivity index (χ0v) is 18.5. The Labute approximate surface area is 176 Å². The van der Waals surface area contributed by atoms with E-state index in [1.165, 1.54) is 41.5 Å². The monoisotopic (exact) mass is 418 g/mol. The molecule has 3 aromatic carbocycles. The van der Waals surface area contributed by atoms with E-state index in [0.29, 0.717) is 11.1 Å². The molecule has 0 saturated heterocycles. The zero-order valence-electron chi connectivity index (χ0n) is 18.5. The summed E-state index contributed by atoms with van der Waals surface area (Å²) in [5, 5.41) is 3.06. The Balaban J connectivity index is 2.13. The normalized spacial score (nSPS) is 13.9. The predicted octanol–water partition coefficient (Wildman–Crippen LogP) is 8.44. The van der Waals surface area contributed by atoms with Crippen molar-refractivity contribution < 1.29 is 17.6 Å². The average molecular weight is 419 g/mol. The Morgan fingerprint density at radius 1 is 0.567 bits per heavy atom. The van der Waals surface area contributed by atoms with Gasteiger partial charge in [-0.3, -0.25) is 0 Å². The summed E-state index contributed by atoms with van der Waals surface area (Å²) in [7, 11) is 0. The summed E-state index contributed by atoms with van der Waals surface area (Å²) in [6.07, 6.45) is -0.720. The van der Waals surface area contributed by atoms with E-state index < -0.39 is 22.7 Å². The van der Waals surface area contributed by atoms with Gasteiger partial charge in [0.25, 0.3) is 11.8 Å². The third kappa shape index (κ3) is 4.19. The molecule has 0 saturated carbocycles. The number of hydrogen-bond acceptors (Lipinski definition) is 0. The van der Waals surface area contributed by atoms with Crippen molar-refractivity contribution in [3.63, 3.8) is 0 Å². The lowest BCUT2D eigenvalue weighted by molar-refractivity contribution is -0.0953. The lowest BCUT2D eigenvalue weighted by Crippen LogP contribution is -2.36. The third-order valence-corrected chi connectivity index (χ3v) is 6.08. The van der Waals surface area contributed by atoms with Gasteiger partial charge in [0.05, 0.1) is 0 Å². The summed E-state index contributed by atoms with van der Waals surface area (Å²) in [6, 6.07) is 14.4. The summed E-state index contributed by atoms with van der Waals surface area (Å²) in [5.41, 5.74) is -1.17. The number of fused-ring (bicyclic) bond motifs is 2. The van der Waals surface area contributed by atoms with Crippen LogP contribution in [0, 0.1) is 10.8 Å². The van der Waals surface area contributed by atoms with Crippen molar-refractivity contribution in [2.45, 2.75) is 66.2 Å². The van der Waals surface area contributed by atoms with Crippen LogP contribution in [0.3, 0.4) is 0 Å². The lowest BCUT2D eigenvalue weighted by atomic mass is 9.82. The fourth-order valence-electron chi connectivity index (χ4n) is 3.50. The quantitative estimate of drug-likeness (QED) is 0.294. The minimum Gasteiger partial charge on any atom is -0.206 e. The van der Waals surface area contributed by atoms with Crippen molar-refractivity contribution in [1.29, 1.82) is 0 Å². The van der Waals surface area contributed by atoms with Crippen LogP contribution < -0.4 is 0 Å². The van der Waals surface area contributed by atoms with Crippen LogP contribution in [-0.4, -0.2) is 11.8 Å². The molecular formula is C26H30F4. The van der Waals surface area contributed by atoms with E-state index in [4.69, 9.17) is 0 Å². The minimum atomic E-state index is -2.87. The van der Waals surface area contributed by atoms with Crippen molar-refractivity contribution >= 4 is 21.5 Å². The van der Waals surface area contributed by atoms with Crippen molar-refractivity contribution in [3.8, 4) is 0 Å². The smallest absolute Gasteiger partial charge is 0.206 e. The molecule has 0 amide bonds. The first-order valence-corrected chi connectivity index (χ1v) is 10.3. The van der Waals surface area contributed by atoms with Crippen LogP contribution in [0.1, 0.15) is 52.7 Å². The average Bonchev–Trinajstić information content (AvgIpc) is 2.58. The molecule has 0 aliphatic carbocycles. The van der Waals surface area contributed by atoms with Gasteiger partial charge in [-0.15, -0.1) is 0 Å². The van der Waals surface area contributed by atoms with Crippen molar-refractivity contribution in [3.05, 3.63) is 59.7 Å². The molecule has 0 bridgehead atoms. The number of hydrogen-bond donors (Lipinski definition) is 0. The molecule has 3 rings (SSSR count). The summed E-state index contributed by atoms with van der Waals surface area (Å²) in [4.78, 5) is 0.